The van der Waals surface area contributed by atoms with E-state index in [1.54, 1.807) is 0 Å². The van der Waals surface area contributed by atoms with E-state index in [1.807, 2.05) is 20.8 Å². The fourth-order valence-electron chi connectivity index (χ4n) is 2.70. The predicted octanol–water partition coefficient (Wildman–Crippen LogP) is 3.32. The van der Waals surface area contributed by atoms with Crippen LogP contribution < -0.4 is 15.4 Å². The Hall–Kier alpha value is -1.75. The Kier molecular flexibility index (Phi) is 5.88. The molecule has 1 amide bonds. The van der Waals surface area contributed by atoms with Crippen LogP contribution in [-0.2, 0) is 4.74 Å². The van der Waals surface area contributed by atoms with Crippen molar-refractivity contribution in [2.24, 2.45) is 0 Å². The van der Waals surface area contributed by atoms with Gasteiger partial charge in [0.15, 0.2) is 0 Å². The summed E-state index contributed by atoms with van der Waals surface area (Å²) in [5.74, 6) is 1.00. The number of carbonyl (C=O) groups excluding carboxylic acids is 1. The molecule has 1 aromatic carbocycles. The van der Waals surface area contributed by atoms with Crippen LogP contribution in [0, 0.1) is 6.92 Å². The molecule has 2 N–H and O–H groups in total. The van der Waals surface area contributed by atoms with E-state index < -0.39 is 5.60 Å². The maximum Gasteiger partial charge on any atom is 0.407 e. The molecule has 0 aliphatic carbocycles. The van der Waals surface area contributed by atoms with E-state index in [2.05, 4.69) is 35.8 Å². The minimum Gasteiger partial charge on any atom is -0.493 e. The minimum atomic E-state index is -0.466. The van der Waals surface area contributed by atoms with Gasteiger partial charge in [-0.3, -0.25) is 0 Å². The summed E-state index contributed by atoms with van der Waals surface area (Å²) in [6.45, 7) is 9.63. The largest absolute Gasteiger partial charge is 0.493 e. The first-order valence-electron chi connectivity index (χ1n) is 8.29. The van der Waals surface area contributed by atoms with E-state index in [1.165, 1.54) is 11.1 Å². The molecule has 0 aromatic heterocycles. The van der Waals surface area contributed by atoms with Crippen molar-refractivity contribution in [3.05, 3.63) is 29.3 Å². The predicted molar refractivity (Wildman–Crippen MR) is 90.9 cm³/mol. The second kappa shape index (κ2) is 7.68. The number of hydrogen-bond acceptors (Lipinski definition) is 4. The monoisotopic (exact) mass is 320 g/mol. The fraction of sp³-hybridized carbons (Fsp3) is 0.611. The SMILES string of the molecule is Cc1cccc2c1OCCCC2NCCNC(=O)OC(C)(C)C. The highest BCUT2D eigenvalue weighted by atomic mass is 16.6. The number of fused-ring (bicyclic) bond motifs is 1. The van der Waals surface area contributed by atoms with Crippen LogP contribution >= 0.6 is 0 Å². The fourth-order valence-corrected chi connectivity index (χ4v) is 2.70. The van der Waals surface area contributed by atoms with Crippen molar-refractivity contribution < 1.29 is 14.3 Å². The van der Waals surface area contributed by atoms with E-state index in [0.717, 1.165) is 25.2 Å². The van der Waals surface area contributed by atoms with E-state index in [0.29, 0.717) is 13.1 Å². The molecule has 1 aliphatic heterocycles. The van der Waals surface area contributed by atoms with Gasteiger partial charge < -0.3 is 20.1 Å². The maximum absolute atomic E-state index is 11.6. The molecule has 1 unspecified atom stereocenters. The van der Waals surface area contributed by atoms with Crippen LogP contribution in [-0.4, -0.2) is 31.4 Å². The Morgan fingerprint density at radius 1 is 1.35 bits per heavy atom. The van der Waals surface area contributed by atoms with Crippen LogP contribution in [0.3, 0.4) is 0 Å². The van der Waals surface area contributed by atoms with Gasteiger partial charge in [-0.25, -0.2) is 4.79 Å². The van der Waals surface area contributed by atoms with Gasteiger partial charge in [0.2, 0.25) is 0 Å². The summed E-state index contributed by atoms with van der Waals surface area (Å²) in [4.78, 5) is 11.6. The topological polar surface area (TPSA) is 59.6 Å². The molecule has 128 valence electrons. The van der Waals surface area contributed by atoms with Gasteiger partial charge in [0.25, 0.3) is 0 Å². The molecule has 0 radical (unpaired) electrons. The summed E-state index contributed by atoms with van der Waals surface area (Å²) in [6.07, 6.45) is 1.67. The number of para-hydroxylation sites is 1. The molecule has 1 aromatic rings. The number of aryl methyl sites for hydroxylation is 1. The Morgan fingerprint density at radius 2 is 2.13 bits per heavy atom. The molecule has 0 fully saturated rings. The Labute approximate surface area is 138 Å². The number of benzene rings is 1. The normalized spacial score (nSPS) is 17.7. The molecule has 23 heavy (non-hydrogen) atoms. The standard InChI is InChI=1S/C18H28N2O3/c1-13-7-5-8-14-15(9-6-12-22-16(13)14)19-10-11-20-17(21)23-18(2,3)4/h5,7-8,15,19H,6,9-12H2,1-4H3,(H,20,21). The van der Waals surface area contributed by atoms with Crippen molar-refractivity contribution in [3.8, 4) is 5.75 Å². The number of hydrogen-bond donors (Lipinski definition) is 2. The molecule has 2 rings (SSSR count). The van der Waals surface area contributed by atoms with Crippen molar-refractivity contribution >= 4 is 6.09 Å². The zero-order chi connectivity index (χ0) is 16.9. The van der Waals surface area contributed by atoms with Crippen LogP contribution in [0.1, 0.15) is 50.8 Å². The third-order valence-corrected chi connectivity index (χ3v) is 3.69. The van der Waals surface area contributed by atoms with Crippen molar-refractivity contribution in [1.82, 2.24) is 10.6 Å². The van der Waals surface area contributed by atoms with Crippen molar-refractivity contribution in [2.45, 2.75) is 52.2 Å². The summed E-state index contributed by atoms with van der Waals surface area (Å²) >= 11 is 0. The highest BCUT2D eigenvalue weighted by Gasteiger charge is 2.20. The number of rotatable bonds is 4. The lowest BCUT2D eigenvalue weighted by molar-refractivity contribution is 0.0528. The highest BCUT2D eigenvalue weighted by Crippen LogP contribution is 2.33. The van der Waals surface area contributed by atoms with Gasteiger partial charge in [-0.1, -0.05) is 18.2 Å². The van der Waals surface area contributed by atoms with E-state index in [4.69, 9.17) is 9.47 Å². The van der Waals surface area contributed by atoms with Crippen LogP contribution in [0.4, 0.5) is 4.79 Å². The number of ether oxygens (including phenoxy) is 2. The van der Waals surface area contributed by atoms with Crippen molar-refractivity contribution in [1.29, 1.82) is 0 Å². The molecule has 1 heterocycles. The quantitative estimate of drug-likeness (QED) is 0.836. The second-order valence-corrected chi connectivity index (χ2v) is 6.92. The molecular formula is C18H28N2O3. The summed E-state index contributed by atoms with van der Waals surface area (Å²) in [5, 5.41) is 6.29. The van der Waals surface area contributed by atoms with Crippen LogP contribution in [0.25, 0.3) is 0 Å². The zero-order valence-corrected chi connectivity index (χ0v) is 14.6. The first-order valence-corrected chi connectivity index (χ1v) is 8.29. The number of alkyl carbamates (subject to hydrolysis) is 1. The van der Waals surface area contributed by atoms with Gasteiger partial charge in [-0.15, -0.1) is 0 Å². The molecular weight excluding hydrogens is 292 g/mol. The molecule has 0 saturated carbocycles. The summed E-state index contributed by atoms with van der Waals surface area (Å²) < 4.78 is 11.1. The Bertz CT molecular complexity index is 538. The average Bonchev–Trinajstić information content (AvgIpc) is 2.65. The summed E-state index contributed by atoms with van der Waals surface area (Å²) in [7, 11) is 0. The van der Waals surface area contributed by atoms with Gasteiger partial charge in [0.05, 0.1) is 6.61 Å². The zero-order valence-electron chi connectivity index (χ0n) is 14.6. The Morgan fingerprint density at radius 3 is 2.87 bits per heavy atom. The molecule has 0 spiro atoms. The van der Waals surface area contributed by atoms with Gasteiger partial charge in [0, 0.05) is 24.7 Å². The molecule has 0 bridgehead atoms. The highest BCUT2D eigenvalue weighted by molar-refractivity contribution is 5.67. The van der Waals surface area contributed by atoms with Crippen LogP contribution in [0.5, 0.6) is 5.75 Å². The van der Waals surface area contributed by atoms with E-state index in [9.17, 15) is 4.79 Å². The lowest BCUT2D eigenvalue weighted by atomic mass is 10.00. The van der Waals surface area contributed by atoms with Gasteiger partial charge in [-0.05, 0) is 46.1 Å². The maximum atomic E-state index is 11.6. The van der Waals surface area contributed by atoms with E-state index in [-0.39, 0.29) is 12.1 Å². The lowest BCUT2D eigenvalue weighted by Crippen LogP contribution is -2.37. The third kappa shape index (κ3) is 5.43. The van der Waals surface area contributed by atoms with Crippen LogP contribution in [0.2, 0.25) is 0 Å². The lowest BCUT2D eigenvalue weighted by Gasteiger charge is -2.21. The first kappa shape index (κ1) is 17.6. The van der Waals surface area contributed by atoms with Crippen molar-refractivity contribution in [3.63, 3.8) is 0 Å². The molecule has 1 atom stereocenters. The summed E-state index contributed by atoms with van der Waals surface area (Å²) in [6, 6.07) is 6.52. The second-order valence-electron chi connectivity index (χ2n) is 6.92. The third-order valence-electron chi connectivity index (χ3n) is 3.69. The first-order chi connectivity index (χ1) is 10.9. The summed E-state index contributed by atoms with van der Waals surface area (Å²) in [5.41, 5.74) is 1.91. The minimum absolute atomic E-state index is 0.257. The number of carbonyl (C=O) groups is 1. The van der Waals surface area contributed by atoms with Gasteiger partial charge in [-0.2, -0.15) is 0 Å². The molecule has 0 saturated heterocycles. The number of nitrogens with one attached hydrogen (secondary N) is 2. The van der Waals surface area contributed by atoms with E-state index >= 15 is 0 Å². The molecule has 1 aliphatic rings. The molecule has 5 heteroatoms. The average molecular weight is 320 g/mol. The van der Waals surface area contributed by atoms with Gasteiger partial charge in [0.1, 0.15) is 11.4 Å². The van der Waals surface area contributed by atoms with Gasteiger partial charge >= 0.3 is 6.09 Å². The number of amides is 1. The van der Waals surface area contributed by atoms with Crippen LogP contribution in [0.15, 0.2) is 18.2 Å². The van der Waals surface area contributed by atoms with Crippen molar-refractivity contribution in [2.75, 3.05) is 19.7 Å². The Balaban J connectivity index is 1.85. The smallest absolute Gasteiger partial charge is 0.407 e. The molecule has 5 nitrogen and oxygen atoms in total.